The molecule has 0 bridgehead atoms. The highest BCUT2D eigenvalue weighted by Crippen LogP contribution is 2.13. The van der Waals surface area contributed by atoms with E-state index in [1.54, 1.807) is 11.1 Å². The lowest BCUT2D eigenvalue weighted by Crippen LogP contribution is -2.50. The van der Waals surface area contributed by atoms with Crippen LogP contribution in [0.25, 0.3) is 0 Å². The molecule has 1 aromatic heterocycles. The van der Waals surface area contributed by atoms with E-state index in [2.05, 4.69) is 4.98 Å². The Balaban J connectivity index is 2.01. The molecule has 2 rings (SSSR count). The van der Waals surface area contributed by atoms with Crippen molar-refractivity contribution in [2.45, 2.75) is 32.5 Å². The van der Waals surface area contributed by atoms with Crippen molar-refractivity contribution in [2.75, 3.05) is 19.7 Å². The number of aromatic nitrogens is 1. The number of amides is 1. The number of carbonyl (C=O) groups excluding carboxylic acids is 1. The summed E-state index contributed by atoms with van der Waals surface area (Å²) in [4.78, 5) is 18.3. The predicted octanol–water partition coefficient (Wildman–Crippen LogP) is 0.541. The lowest BCUT2D eigenvalue weighted by Gasteiger charge is -2.36. The Labute approximate surface area is 113 Å². The number of hydrogen-bond acceptors (Lipinski definition) is 4. The number of aliphatic hydroxyl groups is 1. The monoisotopic (exact) mass is 264 g/mol. The zero-order valence-corrected chi connectivity index (χ0v) is 11.4. The summed E-state index contributed by atoms with van der Waals surface area (Å²) in [6.45, 7) is 4.83. The molecule has 19 heavy (non-hydrogen) atoms. The van der Waals surface area contributed by atoms with Gasteiger partial charge in [-0.2, -0.15) is 0 Å². The molecule has 2 heterocycles. The minimum absolute atomic E-state index is 0.0374. The normalized spacial score (nSPS) is 23.4. The van der Waals surface area contributed by atoms with Crippen LogP contribution in [0.1, 0.15) is 18.2 Å². The van der Waals surface area contributed by atoms with Gasteiger partial charge in [-0.15, -0.1) is 0 Å². The van der Waals surface area contributed by atoms with Crippen molar-refractivity contribution in [3.8, 4) is 0 Å². The highest BCUT2D eigenvalue weighted by atomic mass is 16.5. The summed E-state index contributed by atoms with van der Waals surface area (Å²) in [5.74, 6) is 0.0374. The standard InChI is InChI=1S/C14H20N2O3/c1-10-4-3-5-15-13(10)6-14(18)16-7-11(2)19-12(8-16)9-17/h3-5,11-12,17H,6-9H2,1-2H3. The lowest BCUT2D eigenvalue weighted by molar-refractivity contribution is -0.146. The molecular formula is C14H20N2O3. The highest BCUT2D eigenvalue weighted by Gasteiger charge is 2.28. The molecule has 5 nitrogen and oxygen atoms in total. The van der Waals surface area contributed by atoms with Gasteiger partial charge in [0.25, 0.3) is 0 Å². The summed E-state index contributed by atoms with van der Waals surface area (Å²) in [5, 5.41) is 9.17. The minimum Gasteiger partial charge on any atom is -0.394 e. The average Bonchev–Trinajstić information content (AvgIpc) is 2.40. The van der Waals surface area contributed by atoms with E-state index in [0.717, 1.165) is 11.3 Å². The summed E-state index contributed by atoms with van der Waals surface area (Å²) < 4.78 is 5.53. The van der Waals surface area contributed by atoms with Crippen LogP contribution in [0.3, 0.4) is 0 Å². The molecule has 1 amide bonds. The Morgan fingerprint density at radius 2 is 2.37 bits per heavy atom. The topological polar surface area (TPSA) is 62.7 Å². The fourth-order valence-electron chi connectivity index (χ4n) is 2.31. The van der Waals surface area contributed by atoms with Crippen LogP contribution in [0.4, 0.5) is 0 Å². The first kappa shape index (κ1) is 14.0. The van der Waals surface area contributed by atoms with Crippen molar-refractivity contribution in [3.05, 3.63) is 29.6 Å². The van der Waals surface area contributed by atoms with Gasteiger partial charge in [-0.3, -0.25) is 9.78 Å². The van der Waals surface area contributed by atoms with Gasteiger partial charge in [0.1, 0.15) is 0 Å². The van der Waals surface area contributed by atoms with Crippen LogP contribution in [0.5, 0.6) is 0 Å². The molecule has 104 valence electrons. The largest absolute Gasteiger partial charge is 0.394 e. The Morgan fingerprint density at radius 1 is 1.58 bits per heavy atom. The average molecular weight is 264 g/mol. The number of morpholine rings is 1. The summed E-state index contributed by atoms with van der Waals surface area (Å²) in [6, 6.07) is 3.82. The van der Waals surface area contributed by atoms with Gasteiger partial charge >= 0.3 is 0 Å². The predicted molar refractivity (Wildman–Crippen MR) is 70.7 cm³/mol. The van der Waals surface area contributed by atoms with Crippen LogP contribution < -0.4 is 0 Å². The number of aliphatic hydroxyl groups excluding tert-OH is 1. The Bertz CT molecular complexity index is 450. The quantitative estimate of drug-likeness (QED) is 0.865. The Kier molecular flexibility index (Phi) is 4.50. The lowest BCUT2D eigenvalue weighted by atomic mass is 10.1. The Morgan fingerprint density at radius 3 is 3.05 bits per heavy atom. The van der Waals surface area contributed by atoms with Gasteiger partial charge < -0.3 is 14.7 Å². The maximum Gasteiger partial charge on any atom is 0.228 e. The van der Waals surface area contributed by atoms with Crippen molar-refractivity contribution < 1.29 is 14.6 Å². The molecule has 1 aliphatic rings. The molecule has 1 aliphatic heterocycles. The van der Waals surface area contributed by atoms with Crippen LogP contribution >= 0.6 is 0 Å². The van der Waals surface area contributed by atoms with E-state index < -0.39 is 0 Å². The van der Waals surface area contributed by atoms with Crippen LogP contribution in [-0.4, -0.2) is 52.8 Å². The van der Waals surface area contributed by atoms with Crippen molar-refractivity contribution in [3.63, 3.8) is 0 Å². The number of nitrogens with zero attached hydrogens (tertiary/aromatic N) is 2. The molecule has 5 heteroatoms. The number of carbonyl (C=O) groups is 1. The summed E-state index contributed by atoms with van der Waals surface area (Å²) in [7, 11) is 0. The van der Waals surface area contributed by atoms with E-state index in [-0.39, 0.29) is 24.7 Å². The van der Waals surface area contributed by atoms with Gasteiger partial charge in [0.05, 0.1) is 30.9 Å². The first-order valence-corrected chi connectivity index (χ1v) is 6.54. The second kappa shape index (κ2) is 6.12. The maximum atomic E-state index is 12.3. The smallest absolute Gasteiger partial charge is 0.228 e. The zero-order chi connectivity index (χ0) is 13.8. The number of rotatable bonds is 3. The molecule has 1 aromatic rings. The number of pyridine rings is 1. The second-order valence-corrected chi connectivity index (χ2v) is 4.99. The van der Waals surface area contributed by atoms with Crippen molar-refractivity contribution in [2.24, 2.45) is 0 Å². The van der Waals surface area contributed by atoms with Gasteiger partial charge in [-0.05, 0) is 25.5 Å². The third-order valence-electron chi connectivity index (χ3n) is 3.32. The fourth-order valence-corrected chi connectivity index (χ4v) is 2.31. The van der Waals surface area contributed by atoms with E-state index in [4.69, 9.17) is 9.84 Å². The van der Waals surface area contributed by atoms with Gasteiger partial charge in [0, 0.05) is 19.3 Å². The minimum atomic E-state index is -0.280. The van der Waals surface area contributed by atoms with E-state index in [0.29, 0.717) is 19.5 Å². The van der Waals surface area contributed by atoms with Crippen LogP contribution in [0.2, 0.25) is 0 Å². The highest BCUT2D eigenvalue weighted by molar-refractivity contribution is 5.78. The van der Waals surface area contributed by atoms with Crippen molar-refractivity contribution >= 4 is 5.91 Å². The number of hydrogen-bond donors (Lipinski definition) is 1. The van der Waals surface area contributed by atoms with Gasteiger partial charge in [-0.25, -0.2) is 0 Å². The van der Waals surface area contributed by atoms with E-state index in [9.17, 15) is 4.79 Å². The van der Waals surface area contributed by atoms with Crippen LogP contribution in [-0.2, 0) is 16.0 Å². The zero-order valence-electron chi connectivity index (χ0n) is 11.4. The van der Waals surface area contributed by atoms with Crippen LogP contribution in [0.15, 0.2) is 18.3 Å². The molecule has 0 aliphatic carbocycles. The van der Waals surface area contributed by atoms with Gasteiger partial charge in [-0.1, -0.05) is 6.07 Å². The van der Waals surface area contributed by atoms with Crippen molar-refractivity contribution in [1.29, 1.82) is 0 Å². The fraction of sp³-hybridized carbons (Fsp3) is 0.571. The molecule has 0 radical (unpaired) electrons. The van der Waals surface area contributed by atoms with E-state index in [1.165, 1.54) is 0 Å². The maximum absolute atomic E-state index is 12.3. The molecule has 1 saturated heterocycles. The molecule has 1 N–H and O–H groups in total. The van der Waals surface area contributed by atoms with Gasteiger partial charge in [0.2, 0.25) is 5.91 Å². The molecule has 0 aromatic carbocycles. The molecular weight excluding hydrogens is 244 g/mol. The summed E-state index contributed by atoms with van der Waals surface area (Å²) >= 11 is 0. The first-order chi connectivity index (χ1) is 9.10. The summed E-state index contributed by atoms with van der Waals surface area (Å²) in [6.07, 6.45) is 1.68. The summed E-state index contributed by atoms with van der Waals surface area (Å²) in [5.41, 5.74) is 1.84. The third-order valence-corrected chi connectivity index (χ3v) is 3.32. The Hall–Kier alpha value is -1.46. The third kappa shape index (κ3) is 3.52. The number of aryl methyl sites for hydroxylation is 1. The molecule has 0 saturated carbocycles. The molecule has 1 fully saturated rings. The second-order valence-electron chi connectivity index (χ2n) is 4.99. The SMILES string of the molecule is Cc1cccnc1CC(=O)N1CC(C)OC(CO)C1. The molecule has 0 spiro atoms. The molecule has 2 unspecified atom stereocenters. The molecule has 2 atom stereocenters. The number of ether oxygens (including phenoxy) is 1. The van der Waals surface area contributed by atoms with Crippen LogP contribution in [0, 0.1) is 6.92 Å². The van der Waals surface area contributed by atoms with E-state index >= 15 is 0 Å². The van der Waals surface area contributed by atoms with Crippen molar-refractivity contribution in [1.82, 2.24) is 9.88 Å². The first-order valence-electron chi connectivity index (χ1n) is 6.54. The van der Waals surface area contributed by atoms with Gasteiger partial charge in [0.15, 0.2) is 0 Å². The van der Waals surface area contributed by atoms with E-state index in [1.807, 2.05) is 26.0 Å².